The van der Waals surface area contributed by atoms with E-state index in [0.29, 0.717) is 0 Å². The van der Waals surface area contributed by atoms with Gasteiger partial charge < -0.3 is 4.42 Å². The van der Waals surface area contributed by atoms with Crippen LogP contribution in [0, 0.1) is 0 Å². The van der Waals surface area contributed by atoms with E-state index in [1.165, 1.54) is 11.5 Å². The van der Waals surface area contributed by atoms with Crippen LogP contribution in [0.15, 0.2) is 16.5 Å². The Morgan fingerprint density at radius 2 is 1.31 bits per heavy atom. The van der Waals surface area contributed by atoms with E-state index in [-0.39, 0.29) is 15.8 Å². The lowest BCUT2D eigenvalue weighted by molar-refractivity contribution is 0.496. The molecule has 13 heavy (non-hydrogen) atoms. The second-order valence-corrected chi connectivity index (χ2v) is 8.79. The highest BCUT2D eigenvalue weighted by Crippen LogP contribution is 2.34. The van der Waals surface area contributed by atoms with E-state index in [0.717, 1.165) is 12.3 Å². The van der Waals surface area contributed by atoms with Crippen LogP contribution in [-0.2, 0) is 12.3 Å². The Morgan fingerprint density at radius 3 is 1.62 bits per heavy atom. The fourth-order valence-electron chi connectivity index (χ4n) is 1.22. The summed E-state index contributed by atoms with van der Waals surface area (Å²) in [5, 5.41) is 0. The molecule has 0 fully saturated rings. The molecule has 0 aromatic carbocycles. The number of furan rings is 1. The maximum atomic E-state index is 5.74. The molecule has 1 aromatic rings. The maximum Gasteiger partial charge on any atom is 0.108 e. The summed E-state index contributed by atoms with van der Waals surface area (Å²) >= 11 is 0. The SMILES string of the molecule is CP(C)Cc1ccc(CP(C)C)o1. The molecular formula is C10H18OP2. The van der Waals surface area contributed by atoms with Crippen LogP contribution in [0.25, 0.3) is 0 Å². The van der Waals surface area contributed by atoms with Crippen molar-refractivity contribution in [1.82, 2.24) is 0 Å². The van der Waals surface area contributed by atoms with Crippen LogP contribution in [-0.4, -0.2) is 26.7 Å². The molecule has 74 valence electrons. The van der Waals surface area contributed by atoms with Crippen LogP contribution in [0.1, 0.15) is 11.5 Å². The van der Waals surface area contributed by atoms with Crippen LogP contribution in [0.3, 0.4) is 0 Å². The smallest absolute Gasteiger partial charge is 0.108 e. The van der Waals surface area contributed by atoms with E-state index < -0.39 is 0 Å². The van der Waals surface area contributed by atoms with Gasteiger partial charge in [0.05, 0.1) is 0 Å². The van der Waals surface area contributed by atoms with E-state index in [9.17, 15) is 0 Å². The quantitative estimate of drug-likeness (QED) is 0.698. The van der Waals surface area contributed by atoms with E-state index in [2.05, 4.69) is 38.8 Å². The van der Waals surface area contributed by atoms with Gasteiger partial charge in [-0.05, 0) is 38.8 Å². The first-order chi connectivity index (χ1) is 6.08. The number of hydrogen-bond acceptors (Lipinski definition) is 1. The molecule has 0 aliphatic carbocycles. The normalized spacial score (nSPS) is 11.5. The number of rotatable bonds is 4. The van der Waals surface area contributed by atoms with E-state index in [4.69, 9.17) is 4.42 Å². The predicted octanol–water partition coefficient (Wildman–Crippen LogP) is 3.76. The fraction of sp³-hybridized carbons (Fsp3) is 0.600. The molecule has 0 N–H and O–H groups in total. The zero-order chi connectivity index (χ0) is 9.84. The van der Waals surface area contributed by atoms with E-state index in [1.807, 2.05) is 0 Å². The van der Waals surface area contributed by atoms with Crippen LogP contribution in [0.2, 0.25) is 0 Å². The second-order valence-electron chi connectivity index (χ2n) is 3.84. The highest BCUT2D eigenvalue weighted by Gasteiger charge is 2.05. The van der Waals surface area contributed by atoms with Crippen LogP contribution < -0.4 is 0 Å². The largest absolute Gasteiger partial charge is 0.465 e. The van der Waals surface area contributed by atoms with Crippen molar-refractivity contribution >= 4 is 15.8 Å². The van der Waals surface area contributed by atoms with Gasteiger partial charge in [-0.3, -0.25) is 0 Å². The summed E-state index contributed by atoms with van der Waals surface area (Å²) in [5.74, 6) is 2.34. The molecule has 0 aliphatic heterocycles. The minimum Gasteiger partial charge on any atom is -0.465 e. The lowest BCUT2D eigenvalue weighted by atomic mass is 10.5. The molecule has 1 nitrogen and oxygen atoms in total. The van der Waals surface area contributed by atoms with Crippen LogP contribution in [0.4, 0.5) is 0 Å². The maximum absolute atomic E-state index is 5.74. The Kier molecular flexibility index (Phi) is 4.42. The van der Waals surface area contributed by atoms with Crippen molar-refractivity contribution in [2.45, 2.75) is 12.3 Å². The topological polar surface area (TPSA) is 13.1 Å². The standard InChI is InChI=1S/C10H18OP2/c1-12(2)7-9-5-6-10(11-9)8-13(3)4/h5-6H,7-8H2,1-4H3. The van der Waals surface area contributed by atoms with Crippen molar-refractivity contribution in [3.63, 3.8) is 0 Å². The third kappa shape index (κ3) is 4.25. The first-order valence-corrected chi connectivity index (χ1v) is 9.29. The minimum atomic E-state index is 0.128. The van der Waals surface area contributed by atoms with Gasteiger partial charge in [-0.25, -0.2) is 0 Å². The Bertz CT molecular complexity index is 229. The summed E-state index contributed by atoms with van der Waals surface area (Å²) < 4.78 is 5.74. The first kappa shape index (κ1) is 11.2. The summed E-state index contributed by atoms with van der Waals surface area (Å²) in [7, 11) is 0.256. The lowest BCUT2D eigenvalue weighted by Crippen LogP contribution is -1.78. The van der Waals surface area contributed by atoms with Crippen molar-refractivity contribution < 1.29 is 4.42 Å². The van der Waals surface area contributed by atoms with Crippen molar-refractivity contribution in [3.05, 3.63) is 23.7 Å². The summed E-state index contributed by atoms with van der Waals surface area (Å²) in [6.07, 6.45) is 2.25. The molecule has 0 bridgehead atoms. The molecule has 1 aromatic heterocycles. The highest BCUT2D eigenvalue weighted by atomic mass is 31.1. The van der Waals surface area contributed by atoms with Crippen molar-refractivity contribution in [2.24, 2.45) is 0 Å². The molecule has 0 saturated carbocycles. The van der Waals surface area contributed by atoms with Gasteiger partial charge in [0.2, 0.25) is 0 Å². The third-order valence-corrected chi connectivity index (χ3v) is 3.55. The van der Waals surface area contributed by atoms with Gasteiger partial charge >= 0.3 is 0 Å². The van der Waals surface area contributed by atoms with Crippen LogP contribution in [0.5, 0.6) is 0 Å². The molecule has 1 heterocycles. The average Bonchev–Trinajstić information content (AvgIpc) is 2.33. The molecule has 0 amide bonds. The fourth-order valence-corrected chi connectivity index (χ4v) is 2.80. The van der Waals surface area contributed by atoms with Gasteiger partial charge in [-0.15, -0.1) is 15.8 Å². The molecule has 0 unspecified atom stereocenters. The van der Waals surface area contributed by atoms with Gasteiger partial charge in [0.25, 0.3) is 0 Å². The Hall–Kier alpha value is 0.140. The van der Waals surface area contributed by atoms with Crippen molar-refractivity contribution in [3.8, 4) is 0 Å². The zero-order valence-corrected chi connectivity index (χ0v) is 10.7. The van der Waals surface area contributed by atoms with Gasteiger partial charge in [-0.1, -0.05) is 0 Å². The van der Waals surface area contributed by atoms with Crippen molar-refractivity contribution in [1.29, 1.82) is 0 Å². The van der Waals surface area contributed by atoms with Gasteiger partial charge in [0.15, 0.2) is 0 Å². The Morgan fingerprint density at radius 1 is 0.923 bits per heavy atom. The minimum absolute atomic E-state index is 0.128. The van der Waals surface area contributed by atoms with Crippen molar-refractivity contribution in [2.75, 3.05) is 26.7 Å². The van der Waals surface area contributed by atoms with Gasteiger partial charge in [0.1, 0.15) is 11.5 Å². The lowest BCUT2D eigenvalue weighted by Gasteiger charge is -2.03. The zero-order valence-electron chi connectivity index (χ0n) is 8.87. The first-order valence-electron chi connectivity index (χ1n) is 4.45. The monoisotopic (exact) mass is 216 g/mol. The molecule has 0 atom stereocenters. The molecule has 0 radical (unpaired) electrons. The van der Waals surface area contributed by atoms with Crippen LogP contribution >= 0.6 is 15.8 Å². The summed E-state index contributed by atoms with van der Waals surface area (Å²) in [6.45, 7) is 9.13. The van der Waals surface area contributed by atoms with E-state index >= 15 is 0 Å². The molecule has 0 spiro atoms. The number of hydrogen-bond donors (Lipinski definition) is 0. The molecule has 0 saturated heterocycles. The average molecular weight is 216 g/mol. The molecular weight excluding hydrogens is 198 g/mol. The summed E-state index contributed by atoms with van der Waals surface area (Å²) in [4.78, 5) is 0. The van der Waals surface area contributed by atoms with E-state index in [1.54, 1.807) is 0 Å². The molecule has 1 rings (SSSR count). The molecule has 0 aliphatic rings. The predicted molar refractivity (Wildman–Crippen MR) is 63.7 cm³/mol. The second kappa shape index (κ2) is 5.13. The summed E-state index contributed by atoms with van der Waals surface area (Å²) in [5.41, 5.74) is 0. The highest BCUT2D eigenvalue weighted by molar-refractivity contribution is 7.55. The van der Waals surface area contributed by atoms with Gasteiger partial charge in [0, 0.05) is 12.3 Å². The third-order valence-electron chi connectivity index (χ3n) is 1.66. The van der Waals surface area contributed by atoms with Gasteiger partial charge in [-0.2, -0.15) is 0 Å². The Labute approximate surface area is 83.4 Å². The summed E-state index contributed by atoms with van der Waals surface area (Å²) in [6, 6.07) is 4.27. The molecule has 3 heteroatoms. The Balaban J connectivity index is 2.53.